The number of hydrogen-bond donors (Lipinski definition) is 1. The maximum atomic E-state index is 13.5. The second-order valence-corrected chi connectivity index (χ2v) is 10.3. The summed E-state index contributed by atoms with van der Waals surface area (Å²) in [6, 6.07) is 14.5. The Morgan fingerprint density at radius 3 is 2.67 bits per heavy atom. The fraction of sp³-hybridized carbons (Fsp3) is 0.379. The highest BCUT2D eigenvalue weighted by atomic mass is 35.5. The number of hydrogen-bond acceptors (Lipinski definition) is 7. The highest BCUT2D eigenvalue weighted by Gasteiger charge is 2.40. The maximum absolute atomic E-state index is 13.5. The molecule has 0 radical (unpaired) electrons. The molecule has 39 heavy (non-hydrogen) atoms. The highest BCUT2D eigenvalue weighted by Crippen LogP contribution is 2.33. The third-order valence-corrected chi connectivity index (χ3v) is 7.69. The molecule has 5 rings (SSSR count). The minimum absolute atomic E-state index is 0.00487. The second kappa shape index (κ2) is 11.9. The van der Waals surface area contributed by atoms with Gasteiger partial charge in [-0.2, -0.15) is 0 Å². The number of amides is 1. The van der Waals surface area contributed by atoms with E-state index in [0.717, 1.165) is 24.8 Å². The lowest BCUT2D eigenvalue weighted by molar-refractivity contribution is -0.132. The van der Waals surface area contributed by atoms with Crippen molar-refractivity contribution in [2.75, 3.05) is 31.6 Å². The predicted molar refractivity (Wildman–Crippen MR) is 147 cm³/mol. The summed E-state index contributed by atoms with van der Waals surface area (Å²) in [5.74, 6) is 0.966. The van der Waals surface area contributed by atoms with E-state index in [0.29, 0.717) is 47.8 Å². The van der Waals surface area contributed by atoms with Crippen LogP contribution in [0.15, 0.2) is 54.7 Å². The van der Waals surface area contributed by atoms with Gasteiger partial charge in [0.2, 0.25) is 11.9 Å². The van der Waals surface area contributed by atoms with Gasteiger partial charge in [0.1, 0.15) is 23.7 Å². The van der Waals surface area contributed by atoms with Crippen LogP contribution in [0.4, 0.5) is 5.95 Å². The van der Waals surface area contributed by atoms with Crippen molar-refractivity contribution in [1.29, 1.82) is 0 Å². The van der Waals surface area contributed by atoms with E-state index in [9.17, 15) is 14.7 Å². The SMILES string of the molecule is COc1ccccc1CC(=O)N1CCCC[C@H]2CN(c3ncc(C(=O)O)c(COc4ccc(Cl)cc4)n3)C[C@@H]21. The first-order valence-corrected chi connectivity index (χ1v) is 13.4. The number of anilines is 1. The number of aromatic nitrogens is 2. The van der Waals surface area contributed by atoms with Crippen LogP contribution in [0.3, 0.4) is 0 Å². The summed E-state index contributed by atoms with van der Waals surface area (Å²) in [6.45, 7) is 1.98. The number of carboxylic acid groups (broad SMARTS) is 1. The zero-order valence-electron chi connectivity index (χ0n) is 21.8. The summed E-state index contributed by atoms with van der Waals surface area (Å²) in [7, 11) is 1.62. The number of carbonyl (C=O) groups is 2. The molecule has 2 aromatic carbocycles. The van der Waals surface area contributed by atoms with E-state index in [1.807, 2.05) is 29.2 Å². The largest absolute Gasteiger partial charge is 0.496 e. The normalized spacial score (nSPS) is 18.8. The molecule has 0 bridgehead atoms. The van der Waals surface area contributed by atoms with Crippen LogP contribution in [0.1, 0.15) is 40.9 Å². The molecule has 2 aliphatic rings. The molecule has 1 N–H and O–H groups in total. The number of para-hydroxylation sites is 1. The van der Waals surface area contributed by atoms with Crippen LogP contribution in [-0.2, 0) is 17.8 Å². The van der Waals surface area contributed by atoms with E-state index in [-0.39, 0.29) is 36.5 Å². The minimum Gasteiger partial charge on any atom is -0.496 e. The van der Waals surface area contributed by atoms with Crippen molar-refractivity contribution in [3.8, 4) is 11.5 Å². The molecule has 2 aliphatic heterocycles. The number of nitrogens with zero attached hydrogens (tertiary/aromatic N) is 4. The van der Waals surface area contributed by atoms with Gasteiger partial charge in [0, 0.05) is 36.4 Å². The summed E-state index contributed by atoms with van der Waals surface area (Å²) < 4.78 is 11.3. The number of rotatable bonds is 8. The van der Waals surface area contributed by atoms with Crippen molar-refractivity contribution < 1.29 is 24.2 Å². The van der Waals surface area contributed by atoms with Crippen LogP contribution in [0, 0.1) is 5.92 Å². The van der Waals surface area contributed by atoms with Gasteiger partial charge < -0.3 is 24.4 Å². The molecule has 0 spiro atoms. The summed E-state index contributed by atoms with van der Waals surface area (Å²) in [5.41, 5.74) is 1.16. The molecule has 2 fully saturated rings. The van der Waals surface area contributed by atoms with Crippen molar-refractivity contribution in [3.63, 3.8) is 0 Å². The third-order valence-electron chi connectivity index (χ3n) is 7.44. The Balaban J connectivity index is 1.34. The predicted octanol–water partition coefficient (Wildman–Crippen LogP) is 4.48. The molecule has 10 heteroatoms. The number of halogens is 1. The van der Waals surface area contributed by atoms with Gasteiger partial charge in [-0.05, 0) is 49.1 Å². The van der Waals surface area contributed by atoms with Crippen molar-refractivity contribution >= 4 is 29.4 Å². The van der Waals surface area contributed by atoms with Crippen molar-refractivity contribution in [1.82, 2.24) is 14.9 Å². The monoisotopic (exact) mass is 550 g/mol. The van der Waals surface area contributed by atoms with Gasteiger partial charge in [0.15, 0.2) is 0 Å². The summed E-state index contributed by atoms with van der Waals surface area (Å²) in [4.78, 5) is 38.4. The Morgan fingerprint density at radius 1 is 1.10 bits per heavy atom. The van der Waals surface area contributed by atoms with E-state index >= 15 is 0 Å². The molecule has 204 valence electrons. The smallest absolute Gasteiger partial charge is 0.339 e. The Hall–Kier alpha value is -3.85. The summed E-state index contributed by atoms with van der Waals surface area (Å²) >= 11 is 5.95. The molecule has 0 unspecified atom stereocenters. The average molecular weight is 551 g/mol. The lowest BCUT2D eigenvalue weighted by atomic mass is 9.98. The number of methoxy groups -OCH3 is 1. The summed E-state index contributed by atoms with van der Waals surface area (Å²) in [6.07, 6.45) is 4.65. The van der Waals surface area contributed by atoms with Crippen molar-refractivity contribution in [2.24, 2.45) is 5.92 Å². The third kappa shape index (κ3) is 6.09. The van der Waals surface area contributed by atoms with Gasteiger partial charge >= 0.3 is 5.97 Å². The molecular formula is C29H31ClN4O5. The van der Waals surface area contributed by atoms with Gasteiger partial charge in [-0.1, -0.05) is 36.2 Å². The number of ether oxygens (including phenoxy) is 2. The fourth-order valence-corrected chi connectivity index (χ4v) is 5.59. The fourth-order valence-electron chi connectivity index (χ4n) is 5.46. The standard InChI is InChI=1S/C29H31ClN4O5/c1-38-26-8-3-2-6-19(26)14-27(35)34-13-5-4-7-20-16-33(17-25(20)34)29-31-15-23(28(36)37)24(32-29)18-39-22-11-9-21(30)10-12-22/h2-3,6,8-12,15,20,25H,4-5,7,13-14,16-18H2,1H3,(H,36,37)/t20-,25-/m0/s1. The zero-order valence-corrected chi connectivity index (χ0v) is 22.5. The molecule has 9 nitrogen and oxygen atoms in total. The molecular weight excluding hydrogens is 520 g/mol. The zero-order chi connectivity index (χ0) is 27.4. The molecule has 0 aliphatic carbocycles. The number of aromatic carboxylic acids is 1. The molecule has 2 atom stereocenters. The number of carboxylic acids is 1. The molecule has 3 aromatic rings. The van der Waals surface area contributed by atoms with E-state index in [2.05, 4.69) is 14.9 Å². The molecule has 2 saturated heterocycles. The molecule has 0 saturated carbocycles. The van der Waals surface area contributed by atoms with E-state index in [4.69, 9.17) is 21.1 Å². The van der Waals surface area contributed by atoms with Crippen LogP contribution in [0.2, 0.25) is 5.02 Å². The Kier molecular flexibility index (Phi) is 8.16. The van der Waals surface area contributed by atoms with Crippen molar-refractivity contribution in [3.05, 3.63) is 76.6 Å². The first-order valence-electron chi connectivity index (χ1n) is 13.1. The van der Waals surface area contributed by atoms with Gasteiger partial charge in [-0.15, -0.1) is 0 Å². The lowest BCUT2D eigenvalue weighted by Crippen LogP contribution is -2.45. The number of likely N-dealkylation sites (tertiary alicyclic amines) is 1. The highest BCUT2D eigenvalue weighted by molar-refractivity contribution is 6.30. The second-order valence-electron chi connectivity index (χ2n) is 9.88. The van der Waals surface area contributed by atoms with Gasteiger partial charge in [-0.25, -0.2) is 14.8 Å². The molecule has 1 aromatic heterocycles. The van der Waals surface area contributed by atoms with Gasteiger partial charge in [0.25, 0.3) is 0 Å². The average Bonchev–Trinajstić information content (AvgIpc) is 3.26. The van der Waals surface area contributed by atoms with Gasteiger partial charge in [0.05, 0.1) is 25.3 Å². The summed E-state index contributed by atoms with van der Waals surface area (Å²) in [5, 5.41) is 10.3. The topological polar surface area (TPSA) is 105 Å². The van der Waals surface area contributed by atoms with E-state index in [1.165, 1.54) is 6.20 Å². The van der Waals surface area contributed by atoms with E-state index in [1.54, 1.807) is 31.4 Å². The first-order chi connectivity index (χ1) is 18.9. The van der Waals surface area contributed by atoms with Crippen molar-refractivity contribution in [2.45, 2.75) is 38.3 Å². The molecule has 1 amide bonds. The van der Waals surface area contributed by atoms with Crippen LogP contribution in [0.5, 0.6) is 11.5 Å². The number of carbonyl (C=O) groups excluding carboxylic acids is 1. The minimum atomic E-state index is -1.11. The Morgan fingerprint density at radius 2 is 1.90 bits per heavy atom. The van der Waals surface area contributed by atoms with Crippen LogP contribution in [0.25, 0.3) is 0 Å². The van der Waals surface area contributed by atoms with Gasteiger partial charge in [-0.3, -0.25) is 4.79 Å². The Bertz CT molecular complexity index is 1340. The van der Waals surface area contributed by atoms with Crippen LogP contribution in [-0.4, -0.2) is 64.6 Å². The number of benzene rings is 2. The first kappa shape index (κ1) is 26.7. The van der Waals surface area contributed by atoms with Crippen LogP contribution >= 0.6 is 11.6 Å². The van der Waals surface area contributed by atoms with E-state index < -0.39 is 5.97 Å². The lowest BCUT2D eigenvalue weighted by Gasteiger charge is -2.30. The quantitative estimate of drug-likeness (QED) is 0.438. The maximum Gasteiger partial charge on any atom is 0.339 e. The Labute approximate surface area is 232 Å². The molecule has 3 heterocycles. The van der Waals surface area contributed by atoms with Crippen LogP contribution < -0.4 is 14.4 Å². The number of fused-ring (bicyclic) bond motifs is 1.